The molecule has 2 aliphatic rings. The minimum Gasteiger partial charge on any atom is -0.368 e. The number of anilines is 1. The number of rotatable bonds is 2. The number of piperazine rings is 1. The zero-order valence-corrected chi connectivity index (χ0v) is 12.8. The van der Waals surface area contributed by atoms with E-state index in [4.69, 9.17) is 11.6 Å². The Morgan fingerprint density at radius 2 is 1.90 bits per heavy atom. The van der Waals surface area contributed by atoms with Gasteiger partial charge in [0.1, 0.15) is 0 Å². The first kappa shape index (κ1) is 15.4. The molecule has 1 N–H and O–H groups in total. The van der Waals surface area contributed by atoms with Crippen LogP contribution in [-0.4, -0.2) is 50.1 Å². The molecule has 3 rings (SSSR count). The van der Waals surface area contributed by atoms with Crippen LogP contribution in [0, 0.1) is 5.92 Å². The van der Waals surface area contributed by atoms with E-state index in [-0.39, 0.29) is 18.3 Å². The summed E-state index contributed by atoms with van der Waals surface area (Å²) in [6.07, 6.45) is 0. The molecule has 2 aliphatic heterocycles. The van der Waals surface area contributed by atoms with Crippen LogP contribution >= 0.6 is 24.0 Å². The van der Waals surface area contributed by atoms with Crippen LogP contribution in [0.2, 0.25) is 5.02 Å². The number of halogens is 2. The Morgan fingerprint density at radius 1 is 1.20 bits per heavy atom. The van der Waals surface area contributed by atoms with E-state index in [1.807, 2.05) is 23.1 Å². The van der Waals surface area contributed by atoms with Crippen LogP contribution in [0.15, 0.2) is 24.3 Å². The SMILES string of the molecule is Cl.O=C(C1CNC1)N1CCN(c2cccc(Cl)c2)CC1. The van der Waals surface area contributed by atoms with E-state index < -0.39 is 0 Å². The van der Waals surface area contributed by atoms with Gasteiger partial charge in [0.05, 0.1) is 5.92 Å². The van der Waals surface area contributed by atoms with Crippen molar-refractivity contribution >= 4 is 35.6 Å². The molecule has 0 saturated carbocycles. The van der Waals surface area contributed by atoms with Crippen LogP contribution in [0.5, 0.6) is 0 Å². The van der Waals surface area contributed by atoms with E-state index in [9.17, 15) is 4.79 Å². The monoisotopic (exact) mass is 315 g/mol. The first-order chi connectivity index (χ1) is 9.24. The molecule has 0 spiro atoms. The van der Waals surface area contributed by atoms with Crippen molar-refractivity contribution in [1.29, 1.82) is 0 Å². The van der Waals surface area contributed by atoms with Crippen LogP contribution in [0.25, 0.3) is 0 Å². The molecule has 2 heterocycles. The molecule has 0 aliphatic carbocycles. The number of hydrogen-bond acceptors (Lipinski definition) is 3. The first-order valence-electron chi connectivity index (χ1n) is 6.74. The number of carbonyl (C=O) groups excluding carboxylic acids is 1. The van der Waals surface area contributed by atoms with E-state index in [1.165, 1.54) is 0 Å². The van der Waals surface area contributed by atoms with E-state index in [1.54, 1.807) is 0 Å². The summed E-state index contributed by atoms with van der Waals surface area (Å²) in [5, 5.41) is 3.91. The molecule has 2 saturated heterocycles. The molecule has 2 fully saturated rings. The van der Waals surface area contributed by atoms with Crippen LogP contribution < -0.4 is 10.2 Å². The van der Waals surface area contributed by atoms with E-state index in [2.05, 4.69) is 16.3 Å². The molecule has 0 unspecified atom stereocenters. The Hall–Kier alpha value is -0.970. The van der Waals surface area contributed by atoms with Gasteiger partial charge in [0.15, 0.2) is 0 Å². The predicted molar refractivity (Wildman–Crippen MR) is 83.9 cm³/mol. The highest BCUT2D eigenvalue weighted by atomic mass is 35.5. The second kappa shape index (κ2) is 6.66. The van der Waals surface area contributed by atoms with Crippen LogP contribution in [0.1, 0.15) is 0 Å². The van der Waals surface area contributed by atoms with Crippen molar-refractivity contribution in [2.45, 2.75) is 0 Å². The zero-order valence-electron chi connectivity index (χ0n) is 11.2. The number of carbonyl (C=O) groups is 1. The van der Waals surface area contributed by atoms with Gasteiger partial charge in [-0.2, -0.15) is 0 Å². The van der Waals surface area contributed by atoms with Crippen molar-refractivity contribution in [3.8, 4) is 0 Å². The third kappa shape index (κ3) is 3.19. The van der Waals surface area contributed by atoms with E-state index >= 15 is 0 Å². The van der Waals surface area contributed by atoms with Crippen molar-refractivity contribution in [2.75, 3.05) is 44.2 Å². The van der Waals surface area contributed by atoms with Gasteiger partial charge < -0.3 is 15.1 Å². The summed E-state index contributed by atoms with van der Waals surface area (Å²) in [5.74, 6) is 0.516. The number of nitrogens with one attached hydrogen (secondary N) is 1. The van der Waals surface area contributed by atoms with Crippen molar-refractivity contribution in [2.24, 2.45) is 5.92 Å². The zero-order chi connectivity index (χ0) is 13.2. The van der Waals surface area contributed by atoms with Crippen molar-refractivity contribution < 1.29 is 4.79 Å². The summed E-state index contributed by atoms with van der Waals surface area (Å²) in [6.45, 7) is 5.06. The molecule has 0 bridgehead atoms. The third-order valence-electron chi connectivity index (χ3n) is 3.90. The van der Waals surface area contributed by atoms with Gasteiger partial charge in [-0.1, -0.05) is 17.7 Å². The van der Waals surface area contributed by atoms with E-state index in [0.717, 1.165) is 50.0 Å². The lowest BCUT2D eigenvalue weighted by Gasteiger charge is -2.39. The second-order valence-corrected chi connectivity index (χ2v) is 5.58. The Kier molecular flexibility index (Phi) is 5.13. The summed E-state index contributed by atoms with van der Waals surface area (Å²) in [5.41, 5.74) is 1.14. The molecule has 20 heavy (non-hydrogen) atoms. The minimum atomic E-state index is 0. The number of amides is 1. The minimum absolute atomic E-state index is 0. The molecule has 1 aromatic carbocycles. The average Bonchev–Trinajstić information content (AvgIpc) is 2.37. The molecule has 0 radical (unpaired) electrons. The first-order valence-corrected chi connectivity index (χ1v) is 7.12. The van der Waals surface area contributed by atoms with Crippen molar-refractivity contribution in [3.63, 3.8) is 0 Å². The van der Waals surface area contributed by atoms with Crippen molar-refractivity contribution in [3.05, 3.63) is 29.3 Å². The smallest absolute Gasteiger partial charge is 0.228 e. The quantitative estimate of drug-likeness (QED) is 0.901. The van der Waals surface area contributed by atoms with Crippen LogP contribution in [-0.2, 0) is 4.79 Å². The van der Waals surface area contributed by atoms with Gasteiger partial charge in [0.25, 0.3) is 0 Å². The van der Waals surface area contributed by atoms with E-state index in [0.29, 0.717) is 5.91 Å². The highest BCUT2D eigenvalue weighted by Gasteiger charge is 2.31. The molecule has 0 atom stereocenters. The fourth-order valence-corrected chi connectivity index (χ4v) is 2.76. The lowest BCUT2D eigenvalue weighted by Crippen LogP contribution is -2.56. The Bertz CT molecular complexity index is 471. The Morgan fingerprint density at radius 3 is 2.45 bits per heavy atom. The number of nitrogens with zero attached hydrogens (tertiary/aromatic N) is 2. The van der Waals surface area contributed by atoms with Gasteiger partial charge in [-0.15, -0.1) is 12.4 Å². The lowest BCUT2D eigenvalue weighted by molar-refractivity contribution is -0.137. The highest BCUT2D eigenvalue weighted by molar-refractivity contribution is 6.30. The summed E-state index contributed by atoms with van der Waals surface area (Å²) >= 11 is 6.01. The molecule has 6 heteroatoms. The average molecular weight is 316 g/mol. The van der Waals surface area contributed by atoms with Gasteiger partial charge in [-0.3, -0.25) is 4.79 Å². The lowest BCUT2D eigenvalue weighted by atomic mass is 10.0. The van der Waals surface area contributed by atoms with Gasteiger partial charge >= 0.3 is 0 Å². The standard InChI is InChI=1S/C14H18ClN3O.ClH/c15-12-2-1-3-13(8-12)17-4-6-18(7-5-17)14(19)11-9-16-10-11;/h1-3,8,11,16H,4-7,9-10H2;1H. The Labute approximate surface area is 130 Å². The molecule has 110 valence electrons. The van der Waals surface area contributed by atoms with Gasteiger partial charge in [0.2, 0.25) is 5.91 Å². The molecular formula is C14H19Cl2N3O. The van der Waals surface area contributed by atoms with Crippen LogP contribution in [0.3, 0.4) is 0 Å². The number of benzene rings is 1. The normalized spacial score (nSPS) is 19.2. The fourth-order valence-electron chi connectivity index (χ4n) is 2.58. The summed E-state index contributed by atoms with van der Waals surface area (Å²) in [4.78, 5) is 16.4. The summed E-state index contributed by atoms with van der Waals surface area (Å²) in [7, 11) is 0. The molecule has 1 aromatic rings. The predicted octanol–water partition coefficient (Wildman–Crippen LogP) is 1.63. The molecule has 0 aromatic heterocycles. The fraction of sp³-hybridized carbons (Fsp3) is 0.500. The summed E-state index contributed by atoms with van der Waals surface area (Å²) < 4.78 is 0. The molecule has 1 amide bonds. The topological polar surface area (TPSA) is 35.6 Å². The van der Waals surface area contributed by atoms with Gasteiger partial charge in [-0.05, 0) is 18.2 Å². The Balaban J connectivity index is 0.00000147. The number of hydrogen-bond donors (Lipinski definition) is 1. The largest absolute Gasteiger partial charge is 0.368 e. The maximum absolute atomic E-state index is 12.1. The van der Waals surface area contributed by atoms with Crippen LogP contribution in [0.4, 0.5) is 5.69 Å². The second-order valence-electron chi connectivity index (χ2n) is 5.15. The van der Waals surface area contributed by atoms with Gasteiger partial charge in [0, 0.05) is 50.0 Å². The molecule has 4 nitrogen and oxygen atoms in total. The third-order valence-corrected chi connectivity index (χ3v) is 4.13. The maximum atomic E-state index is 12.1. The van der Waals surface area contributed by atoms with Crippen molar-refractivity contribution in [1.82, 2.24) is 10.2 Å². The van der Waals surface area contributed by atoms with Gasteiger partial charge in [-0.25, -0.2) is 0 Å². The summed E-state index contributed by atoms with van der Waals surface area (Å²) in [6, 6.07) is 7.90. The highest BCUT2D eigenvalue weighted by Crippen LogP contribution is 2.21. The molecular weight excluding hydrogens is 297 g/mol. The maximum Gasteiger partial charge on any atom is 0.228 e.